The van der Waals surface area contributed by atoms with Gasteiger partial charge in [0.15, 0.2) is 0 Å². The first kappa shape index (κ1) is 14.4. The van der Waals surface area contributed by atoms with Gasteiger partial charge in [-0.1, -0.05) is 12.1 Å². The number of hydrogen-bond donors (Lipinski definition) is 1. The zero-order valence-corrected chi connectivity index (χ0v) is 12.7. The summed E-state index contributed by atoms with van der Waals surface area (Å²) in [6.07, 6.45) is 1.33. The average molecular weight is 261 g/mol. The van der Waals surface area contributed by atoms with E-state index in [-0.39, 0.29) is 0 Å². The molecule has 0 aromatic heterocycles. The van der Waals surface area contributed by atoms with Crippen molar-refractivity contribution in [3.8, 4) is 0 Å². The van der Waals surface area contributed by atoms with E-state index in [0.717, 1.165) is 12.5 Å². The molecule has 2 unspecified atom stereocenters. The monoisotopic (exact) mass is 261 g/mol. The van der Waals surface area contributed by atoms with E-state index in [1.807, 2.05) is 7.05 Å². The Balaban J connectivity index is 1.93. The van der Waals surface area contributed by atoms with Gasteiger partial charge in [0.25, 0.3) is 0 Å². The van der Waals surface area contributed by atoms with Gasteiger partial charge in [-0.2, -0.15) is 0 Å². The number of nitrogens with zero attached hydrogens (tertiary/aromatic N) is 2. The summed E-state index contributed by atoms with van der Waals surface area (Å²) >= 11 is 0. The molecule has 0 bridgehead atoms. The third kappa shape index (κ3) is 3.71. The molecule has 2 rings (SSSR count). The number of nitrogens with one attached hydrogen (secondary N) is 1. The van der Waals surface area contributed by atoms with Gasteiger partial charge < -0.3 is 15.1 Å². The van der Waals surface area contributed by atoms with Crippen LogP contribution < -0.4 is 10.2 Å². The van der Waals surface area contributed by atoms with E-state index in [4.69, 9.17) is 0 Å². The van der Waals surface area contributed by atoms with Crippen molar-refractivity contribution in [2.24, 2.45) is 5.92 Å². The maximum absolute atomic E-state index is 3.27. The van der Waals surface area contributed by atoms with Gasteiger partial charge in [-0.05, 0) is 57.6 Å². The summed E-state index contributed by atoms with van der Waals surface area (Å²) in [7, 11) is 6.42. The lowest BCUT2D eigenvalue weighted by atomic mass is 10.1. The topological polar surface area (TPSA) is 18.5 Å². The third-order valence-corrected chi connectivity index (χ3v) is 4.29. The number of likely N-dealkylation sites (tertiary alicyclic amines) is 1. The molecule has 1 aliphatic rings. The maximum atomic E-state index is 3.27. The Morgan fingerprint density at radius 1 is 1.37 bits per heavy atom. The van der Waals surface area contributed by atoms with Crippen molar-refractivity contribution in [1.29, 1.82) is 0 Å². The van der Waals surface area contributed by atoms with Crippen LogP contribution in [-0.4, -0.2) is 45.7 Å². The Kier molecular flexibility index (Phi) is 4.83. The highest BCUT2D eigenvalue weighted by Gasteiger charge is 2.20. The first-order chi connectivity index (χ1) is 9.10. The fourth-order valence-corrected chi connectivity index (χ4v) is 2.85. The van der Waals surface area contributed by atoms with E-state index >= 15 is 0 Å². The summed E-state index contributed by atoms with van der Waals surface area (Å²) < 4.78 is 0. The molecule has 1 N–H and O–H groups in total. The van der Waals surface area contributed by atoms with Crippen LogP contribution in [0.3, 0.4) is 0 Å². The van der Waals surface area contributed by atoms with Crippen LogP contribution in [0.5, 0.6) is 0 Å². The molecule has 3 nitrogen and oxygen atoms in total. The maximum Gasteiger partial charge on any atom is 0.0363 e. The standard InChI is InChI=1S/C16H27N3/c1-13(17-2)15-5-7-16(8-6-15)19(4)12-14-9-10-18(3)11-14/h5-8,13-14,17H,9-12H2,1-4H3. The van der Waals surface area contributed by atoms with Gasteiger partial charge in [0.2, 0.25) is 0 Å². The summed E-state index contributed by atoms with van der Waals surface area (Å²) in [6.45, 7) is 5.83. The molecule has 0 spiro atoms. The molecule has 1 saturated heterocycles. The van der Waals surface area contributed by atoms with Gasteiger partial charge in [-0.15, -0.1) is 0 Å². The molecule has 2 atom stereocenters. The molecule has 1 aromatic carbocycles. The molecule has 0 saturated carbocycles. The lowest BCUT2D eigenvalue weighted by Gasteiger charge is -2.23. The molecule has 106 valence electrons. The SMILES string of the molecule is CNC(C)c1ccc(N(C)CC2CCN(C)C2)cc1. The minimum absolute atomic E-state index is 0.419. The Hall–Kier alpha value is -1.06. The molecule has 1 fully saturated rings. The average Bonchev–Trinajstić information content (AvgIpc) is 2.83. The van der Waals surface area contributed by atoms with E-state index in [2.05, 4.69) is 60.4 Å². The zero-order valence-electron chi connectivity index (χ0n) is 12.7. The second kappa shape index (κ2) is 6.40. The molecule has 1 heterocycles. The van der Waals surface area contributed by atoms with Crippen molar-refractivity contribution in [3.05, 3.63) is 29.8 Å². The quantitative estimate of drug-likeness (QED) is 0.878. The van der Waals surface area contributed by atoms with Crippen LogP contribution in [-0.2, 0) is 0 Å². The fourth-order valence-electron chi connectivity index (χ4n) is 2.85. The van der Waals surface area contributed by atoms with E-state index in [0.29, 0.717) is 6.04 Å². The van der Waals surface area contributed by atoms with Crippen LogP contribution in [0, 0.1) is 5.92 Å². The van der Waals surface area contributed by atoms with Gasteiger partial charge in [0.1, 0.15) is 0 Å². The molecular weight excluding hydrogens is 234 g/mol. The van der Waals surface area contributed by atoms with Crippen molar-refractivity contribution >= 4 is 5.69 Å². The number of hydrogen-bond acceptors (Lipinski definition) is 3. The summed E-state index contributed by atoms with van der Waals surface area (Å²) in [5.41, 5.74) is 2.67. The van der Waals surface area contributed by atoms with E-state index in [9.17, 15) is 0 Å². The van der Waals surface area contributed by atoms with Crippen LogP contribution in [0.4, 0.5) is 5.69 Å². The normalized spacial score (nSPS) is 21.6. The molecule has 0 aliphatic carbocycles. The lowest BCUT2D eigenvalue weighted by Crippen LogP contribution is -2.27. The summed E-state index contributed by atoms with van der Waals surface area (Å²) in [4.78, 5) is 4.81. The first-order valence-corrected chi connectivity index (χ1v) is 7.27. The van der Waals surface area contributed by atoms with Crippen molar-refractivity contribution in [2.45, 2.75) is 19.4 Å². The number of anilines is 1. The highest BCUT2D eigenvalue weighted by molar-refractivity contribution is 5.47. The van der Waals surface area contributed by atoms with Crippen molar-refractivity contribution < 1.29 is 0 Å². The largest absolute Gasteiger partial charge is 0.374 e. The Labute approximate surface area is 117 Å². The van der Waals surface area contributed by atoms with Gasteiger partial charge in [0.05, 0.1) is 0 Å². The van der Waals surface area contributed by atoms with Crippen molar-refractivity contribution in [2.75, 3.05) is 45.7 Å². The minimum Gasteiger partial charge on any atom is -0.374 e. The Morgan fingerprint density at radius 2 is 2.05 bits per heavy atom. The van der Waals surface area contributed by atoms with E-state index in [1.165, 1.54) is 30.8 Å². The van der Waals surface area contributed by atoms with Crippen LogP contribution >= 0.6 is 0 Å². The Morgan fingerprint density at radius 3 is 2.58 bits per heavy atom. The molecule has 19 heavy (non-hydrogen) atoms. The number of rotatable bonds is 5. The van der Waals surface area contributed by atoms with E-state index in [1.54, 1.807) is 0 Å². The summed E-state index contributed by atoms with van der Waals surface area (Å²) in [5, 5.41) is 3.27. The molecule has 3 heteroatoms. The van der Waals surface area contributed by atoms with Gasteiger partial charge in [-0.25, -0.2) is 0 Å². The molecule has 0 radical (unpaired) electrons. The highest BCUT2D eigenvalue weighted by atomic mass is 15.1. The highest BCUT2D eigenvalue weighted by Crippen LogP contribution is 2.21. The third-order valence-electron chi connectivity index (χ3n) is 4.29. The predicted octanol–water partition coefficient (Wildman–Crippen LogP) is 2.35. The number of benzene rings is 1. The fraction of sp³-hybridized carbons (Fsp3) is 0.625. The summed E-state index contributed by atoms with van der Waals surface area (Å²) in [6, 6.07) is 9.36. The van der Waals surface area contributed by atoms with Crippen LogP contribution in [0.1, 0.15) is 24.9 Å². The van der Waals surface area contributed by atoms with Gasteiger partial charge >= 0.3 is 0 Å². The van der Waals surface area contributed by atoms with E-state index < -0.39 is 0 Å². The second-order valence-corrected chi connectivity index (χ2v) is 5.90. The van der Waals surface area contributed by atoms with Crippen LogP contribution in [0.25, 0.3) is 0 Å². The smallest absolute Gasteiger partial charge is 0.0363 e. The van der Waals surface area contributed by atoms with Crippen LogP contribution in [0.15, 0.2) is 24.3 Å². The molecular formula is C16H27N3. The molecule has 1 aliphatic heterocycles. The van der Waals surface area contributed by atoms with Gasteiger partial charge in [0, 0.05) is 31.9 Å². The van der Waals surface area contributed by atoms with Crippen LogP contribution in [0.2, 0.25) is 0 Å². The molecule has 1 aromatic rings. The Bertz CT molecular complexity index is 387. The van der Waals surface area contributed by atoms with Crippen molar-refractivity contribution in [1.82, 2.24) is 10.2 Å². The zero-order chi connectivity index (χ0) is 13.8. The van der Waals surface area contributed by atoms with Gasteiger partial charge in [-0.3, -0.25) is 0 Å². The molecule has 0 amide bonds. The predicted molar refractivity (Wildman–Crippen MR) is 82.8 cm³/mol. The summed E-state index contributed by atoms with van der Waals surface area (Å²) in [5.74, 6) is 0.811. The minimum atomic E-state index is 0.419. The lowest BCUT2D eigenvalue weighted by molar-refractivity contribution is 0.396. The van der Waals surface area contributed by atoms with Crippen molar-refractivity contribution in [3.63, 3.8) is 0 Å². The second-order valence-electron chi connectivity index (χ2n) is 5.90. The first-order valence-electron chi connectivity index (χ1n) is 7.27.